The van der Waals surface area contributed by atoms with E-state index in [4.69, 9.17) is 11.6 Å². The summed E-state index contributed by atoms with van der Waals surface area (Å²) < 4.78 is 17.3. The Labute approximate surface area is 121 Å². The Morgan fingerprint density at radius 2 is 2.11 bits per heavy atom. The lowest BCUT2D eigenvalue weighted by molar-refractivity contribution is 0.555. The van der Waals surface area contributed by atoms with Crippen molar-refractivity contribution < 1.29 is 4.39 Å². The molecule has 0 spiro atoms. The molecular weight excluding hydrogens is 285 g/mol. The van der Waals surface area contributed by atoms with Crippen LogP contribution in [0.15, 0.2) is 18.2 Å². The molecule has 0 aliphatic heterocycles. The second-order valence-electron chi connectivity index (χ2n) is 5.28. The maximum absolute atomic E-state index is 13.0. The van der Waals surface area contributed by atoms with Gasteiger partial charge in [-0.15, -0.1) is 0 Å². The van der Waals surface area contributed by atoms with Crippen LogP contribution >= 0.6 is 23.1 Å². The minimum absolute atomic E-state index is 0.0599. The molecule has 0 radical (unpaired) electrons. The standard InChI is InChI=1S/C13H15ClFN3S/c1-13(2,3)11-17-12(19-18-11)16-7-8-4-5-10(15)9(14)6-8/h4-6H,7H2,1-3H3,(H,16,17,18). The Balaban J connectivity index is 2.02. The topological polar surface area (TPSA) is 37.8 Å². The summed E-state index contributed by atoms with van der Waals surface area (Å²) in [7, 11) is 0. The van der Waals surface area contributed by atoms with E-state index in [1.54, 1.807) is 12.1 Å². The van der Waals surface area contributed by atoms with Crippen molar-refractivity contribution in [3.05, 3.63) is 40.4 Å². The van der Waals surface area contributed by atoms with Crippen molar-refractivity contribution in [1.29, 1.82) is 0 Å². The van der Waals surface area contributed by atoms with Crippen molar-refractivity contribution in [3.63, 3.8) is 0 Å². The molecule has 102 valence electrons. The third-order valence-electron chi connectivity index (χ3n) is 2.52. The van der Waals surface area contributed by atoms with Crippen LogP contribution in [0.1, 0.15) is 32.2 Å². The van der Waals surface area contributed by atoms with Gasteiger partial charge in [0.25, 0.3) is 0 Å². The first-order chi connectivity index (χ1) is 8.86. The molecule has 0 atom stereocenters. The van der Waals surface area contributed by atoms with Gasteiger partial charge < -0.3 is 5.32 Å². The number of anilines is 1. The molecule has 1 heterocycles. The van der Waals surface area contributed by atoms with Gasteiger partial charge in [-0.1, -0.05) is 38.4 Å². The van der Waals surface area contributed by atoms with E-state index in [-0.39, 0.29) is 10.4 Å². The number of hydrogen-bond acceptors (Lipinski definition) is 4. The highest BCUT2D eigenvalue weighted by Crippen LogP contribution is 2.23. The minimum Gasteiger partial charge on any atom is -0.356 e. The Hall–Kier alpha value is -1.20. The van der Waals surface area contributed by atoms with Crippen molar-refractivity contribution in [2.24, 2.45) is 0 Å². The Kier molecular flexibility index (Phi) is 4.06. The quantitative estimate of drug-likeness (QED) is 0.921. The molecule has 1 aromatic heterocycles. The second-order valence-corrected chi connectivity index (χ2v) is 6.43. The van der Waals surface area contributed by atoms with Gasteiger partial charge in [0.2, 0.25) is 5.13 Å². The molecule has 0 unspecified atom stereocenters. The van der Waals surface area contributed by atoms with Crippen LogP contribution in [-0.4, -0.2) is 9.36 Å². The zero-order valence-electron chi connectivity index (χ0n) is 11.0. The van der Waals surface area contributed by atoms with Crippen molar-refractivity contribution in [2.75, 3.05) is 5.32 Å². The zero-order chi connectivity index (χ0) is 14.0. The van der Waals surface area contributed by atoms with E-state index in [0.717, 1.165) is 16.5 Å². The van der Waals surface area contributed by atoms with Gasteiger partial charge in [0.1, 0.15) is 11.6 Å². The van der Waals surface area contributed by atoms with E-state index in [2.05, 4.69) is 35.4 Å². The van der Waals surface area contributed by atoms with Crippen LogP contribution in [0.4, 0.5) is 9.52 Å². The SMILES string of the molecule is CC(C)(C)c1nsc(NCc2ccc(F)c(Cl)c2)n1. The average molecular weight is 300 g/mol. The first-order valence-corrected chi connectivity index (χ1v) is 7.03. The molecule has 0 aliphatic rings. The van der Waals surface area contributed by atoms with Gasteiger partial charge >= 0.3 is 0 Å². The normalized spacial score (nSPS) is 11.6. The smallest absolute Gasteiger partial charge is 0.202 e. The summed E-state index contributed by atoms with van der Waals surface area (Å²) >= 11 is 7.06. The molecule has 2 aromatic rings. The fourth-order valence-corrected chi connectivity index (χ4v) is 2.38. The maximum Gasteiger partial charge on any atom is 0.202 e. The highest BCUT2D eigenvalue weighted by molar-refractivity contribution is 7.09. The predicted molar refractivity (Wildman–Crippen MR) is 77.3 cm³/mol. The molecule has 1 aromatic carbocycles. The number of hydrogen-bond donors (Lipinski definition) is 1. The van der Waals surface area contributed by atoms with E-state index >= 15 is 0 Å². The lowest BCUT2D eigenvalue weighted by atomic mass is 9.96. The first kappa shape index (κ1) is 14.2. The van der Waals surface area contributed by atoms with Gasteiger partial charge in [0, 0.05) is 23.5 Å². The van der Waals surface area contributed by atoms with Gasteiger partial charge in [0.05, 0.1) is 5.02 Å². The summed E-state index contributed by atoms with van der Waals surface area (Å²) in [6.07, 6.45) is 0. The highest BCUT2D eigenvalue weighted by Gasteiger charge is 2.19. The van der Waals surface area contributed by atoms with Gasteiger partial charge in [-0.2, -0.15) is 4.37 Å². The number of nitrogens with one attached hydrogen (secondary N) is 1. The summed E-state index contributed by atoms with van der Waals surface area (Å²) in [6.45, 7) is 6.74. The van der Waals surface area contributed by atoms with Crippen molar-refractivity contribution in [2.45, 2.75) is 32.7 Å². The van der Waals surface area contributed by atoms with Gasteiger partial charge in [-0.25, -0.2) is 9.37 Å². The monoisotopic (exact) mass is 299 g/mol. The number of halogens is 2. The molecule has 0 bridgehead atoms. The molecule has 0 aliphatic carbocycles. The number of aromatic nitrogens is 2. The van der Waals surface area contributed by atoms with Gasteiger partial charge in [-0.3, -0.25) is 0 Å². The Morgan fingerprint density at radius 1 is 1.37 bits per heavy atom. The summed E-state index contributed by atoms with van der Waals surface area (Å²) in [5.74, 6) is 0.411. The van der Waals surface area contributed by atoms with E-state index < -0.39 is 5.82 Å². The van der Waals surface area contributed by atoms with Crippen LogP contribution in [0.3, 0.4) is 0 Å². The van der Waals surface area contributed by atoms with Crippen LogP contribution in [0, 0.1) is 5.82 Å². The Bertz CT molecular complexity index is 578. The van der Waals surface area contributed by atoms with Crippen LogP contribution in [0.2, 0.25) is 5.02 Å². The fourth-order valence-electron chi connectivity index (χ4n) is 1.43. The summed E-state index contributed by atoms with van der Waals surface area (Å²) in [5.41, 5.74) is 0.842. The van der Waals surface area contributed by atoms with Gasteiger partial charge in [0.15, 0.2) is 0 Å². The highest BCUT2D eigenvalue weighted by atomic mass is 35.5. The average Bonchev–Trinajstić information content (AvgIpc) is 2.79. The maximum atomic E-state index is 13.0. The van der Waals surface area contributed by atoms with Crippen molar-refractivity contribution in [3.8, 4) is 0 Å². The molecule has 0 saturated carbocycles. The third kappa shape index (κ3) is 3.64. The second kappa shape index (κ2) is 5.43. The number of nitrogens with zero attached hydrogens (tertiary/aromatic N) is 2. The number of benzene rings is 1. The molecule has 2 rings (SSSR count). The molecule has 3 nitrogen and oxygen atoms in total. The van der Waals surface area contributed by atoms with Crippen LogP contribution in [0.25, 0.3) is 0 Å². The molecule has 1 N–H and O–H groups in total. The van der Waals surface area contributed by atoms with Crippen LogP contribution < -0.4 is 5.32 Å². The largest absolute Gasteiger partial charge is 0.356 e. The molecule has 0 amide bonds. The third-order valence-corrected chi connectivity index (χ3v) is 3.49. The molecule has 0 fully saturated rings. The predicted octanol–water partition coefficient (Wildman–Crippen LogP) is 4.24. The minimum atomic E-state index is -0.406. The lowest BCUT2D eigenvalue weighted by Crippen LogP contribution is -2.13. The van der Waals surface area contributed by atoms with E-state index in [0.29, 0.717) is 6.54 Å². The van der Waals surface area contributed by atoms with Gasteiger partial charge in [-0.05, 0) is 17.7 Å². The molecule has 19 heavy (non-hydrogen) atoms. The molecular formula is C13H15ClFN3S. The Morgan fingerprint density at radius 3 is 2.68 bits per heavy atom. The van der Waals surface area contributed by atoms with E-state index in [1.165, 1.54) is 17.6 Å². The van der Waals surface area contributed by atoms with Crippen LogP contribution in [-0.2, 0) is 12.0 Å². The van der Waals surface area contributed by atoms with E-state index in [1.807, 2.05) is 0 Å². The van der Waals surface area contributed by atoms with Crippen LogP contribution in [0.5, 0.6) is 0 Å². The molecule has 0 saturated heterocycles. The number of rotatable bonds is 3. The summed E-state index contributed by atoms with van der Waals surface area (Å²) in [6, 6.07) is 4.66. The van der Waals surface area contributed by atoms with E-state index in [9.17, 15) is 4.39 Å². The zero-order valence-corrected chi connectivity index (χ0v) is 12.6. The van der Waals surface area contributed by atoms with Crippen molar-refractivity contribution in [1.82, 2.24) is 9.36 Å². The molecule has 6 heteroatoms. The lowest BCUT2D eigenvalue weighted by Gasteiger charge is -2.12. The summed E-state index contributed by atoms with van der Waals surface area (Å²) in [4.78, 5) is 4.43. The fraction of sp³-hybridized carbons (Fsp3) is 0.385. The first-order valence-electron chi connectivity index (χ1n) is 5.88. The summed E-state index contributed by atoms with van der Waals surface area (Å²) in [5, 5.41) is 4.05. The van der Waals surface area contributed by atoms with Crippen molar-refractivity contribution >= 4 is 28.3 Å².